The number of H-pyrrole nitrogens is 1. The van der Waals surface area contributed by atoms with Crippen molar-refractivity contribution < 1.29 is 0 Å². The maximum absolute atomic E-state index is 12.8. The molecule has 3 N–H and O–H groups in total. The molecule has 0 aromatic carbocycles. The van der Waals surface area contributed by atoms with E-state index in [9.17, 15) is 4.79 Å². The lowest BCUT2D eigenvalue weighted by molar-refractivity contribution is 0.410. The molecule has 3 heterocycles. The lowest BCUT2D eigenvalue weighted by Crippen LogP contribution is -2.23. The van der Waals surface area contributed by atoms with Gasteiger partial charge in [-0.05, 0) is 20.5 Å². The van der Waals surface area contributed by atoms with Crippen molar-refractivity contribution in [3.05, 3.63) is 34.8 Å². The van der Waals surface area contributed by atoms with E-state index >= 15 is 0 Å². The van der Waals surface area contributed by atoms with E-state index in [1.54, 1.807) is 27.6 Å². The van der Waals surface area contributed by atoms with Crippen molar-refractivity contribution in [2.24, 2.45) is 0 Å². The van der Waals surface area contributed by atoms with Gasteiger partial charge in [0.2, 0.25) is 5.78 Å². The molecule has 26 heavy (non-hydrogen) atoms. The number of fused-ring (bicyclic) bond motifs is 3. The summed E-state index contributed by atoms with van der Waals surface area (Å²) in [6, 6.07) is 0. The molecule has 9 heteroatoms. The van der Waals surface area contributed by atoms with E-state index in [-0.39, 0.29) is 5.56 Å². The predicted octanol–water partition coefficient (Wildman–Crippen LogP) is 0.924. The Balaban J connectivity index is 2.05. The number of likely N-dealkylation sites (N-methyl/N-ethyl adjacent to an activating group) is 1. The highest BCUT2D eigenvalue weighted by Crippen LogP contribution is 2.15. The Morgan fingerprint density at radius 1 is 1.46 bits per heavy atom. The van der Waals surface area contributed by atoms with E-state index < -0.39 is 0 Å². The van der Waals surface area contributed by atoms with Crippen LogP contribution >= 0.6 is 0 Å². The first-order valence-electron chi connectivity index (χ1n) is 8.61. The van der Waals surface area contributed by atoms with Crippen molar-refractivity contribution in [1.82, 2.24) is 34.1 Å². The zero-order valence-corrected chi connectivity index (χ0v) is 15.3. The van der Waals surface area contributed by atoms with Crippen LogP contribution in [-0.4, -0.2) is 62.2 Å². The number of nitrogens with zero attached hydrogens (tertiary/aromatic N) is 5. The minimum Gasteiger partial charge on any atom is -0.389 e. The normalized spacial score (nSPS) is 12.4. The fourth-order valence-corrected chi connectivity index (χ4v) is 2.78. The van der Waals surface area contributed by atoms with Gasteiger partial charge in [-0.3, -0.25) is 13.8 Å². The third-order valence-corrected chi connectivity index (χ3v) is 4.07. The van der Waals surface area contributed by atoms with Crippen LogP contribution in [0.25, 0.3) is 22.5 Å². The standard InChI is InChI=1S/C17H24N8O/c1-4-7-25-16(26)13-15(24-9-6-20-17(24)25)22-14(21-13)12(10-18)11-19-5-8-23(2)3/h6,9-11,18-19H,4-5,7-8H2,1-3H3,(H,21,22)/b12-11+,18-10?. The number of rotatable bonds is 8. The zero-order valence-electron chi connectivity index (χ0n) is 15.3. The molecule has 0 bridgehead atoms. The Hall–Kier alpha value is -2.94. The summed E-state index contributed by atoms with van der Waals surface area (Å²) < 4.78 is 3.45. The van der Waals surface area contributed by atoms with E-state index in [0.717, 1.165) is 19.5 Å². The van der Waals surface area contributed by atoms with Gasteiger partial charge in [-0.25, -0.2) is 9.97 Å². The second-order valence-electron chi connectivity index (χ2n) is 6.34. The third kappa shape index (κ3) is 3.25. The lowest BCUT2D eigenvalue weighted by Gasteiger charge is -2.08. The summed E-state index contributed by atoms with van der Waals surface area (Å²) in [5, 5.41) is 10.9. The molecular weight excluding hydrogens is 332 g/mol. The Bertz CT molecular complexity index is 1010. The maximum Gasteiger partial charge on any atom is 0.280 e. The minimum atomic E-state index is -0.149. The van der Waals surface area contributed by atoms with Gasteiger partial charge in [0.1, 0.15) is 5.82 Å². The molecule has 0 radical (unpaired) electrons. The van der Waals surface area contributed by atoms with E-state index in [0.29, 0.717) is 34.9 Å². The molecule has 0 fully saturated rings. The minimum absolute atomic E-state index is 0.149. The monoisotopic (exact) mass is 356 g/mol. The van der Waals surface area contributed by atoms with Gasteiger partial charge >= 0.3 is 0 Å². The number of imidazole rings is 2. The van der Waals surface area contributed by atoms with Gasteiger partial charge in [0.25, 0.3) is 5.56 Å². The molecule has 0 saturated heterocycles. The van der Waals surface area contributed by atoms with Crippen LogP contribution in [0.5, 0.6) is 0 Å². The third-order valence-electron chi connectivity index (χ3n) is 4.07. The molecule has 0 atom stereocenters. The van der Waals surface area contributed by atoms with Crippen LogP contribution in [-0.2, 0) is 6.54 Å². The first-order valence-corrected chi connectivity index (χ1v) is 8.61. The first kappa shape index (κ1) is 17.9. The predicted molar refractivity (Wildman–Crippen MR) is 103 cm³/mol. The molecule has 138 valence electrons. The largest absolute Gasteiger partial charge is 0.389 e. The van der Waals surface area contributed by atoms with Crippen molar-refractivity contribution in [3.63, 3.8) is 0 Å². The van der Waals surface area contributed by atoms with Crippen LogP contribution in [0.3, 0.4) is 0 Å². The average Bonchev–Trinajstić information content (AvgIpc) is 3.25. The van der Waals surface area contributed by atoms with Crippen LogP contribution < -0.4 is 10.9 Å². The fraction of sp³-hybridized carbons (Fsp3) is 0.412. The highest BCUT2D eigenvalue weighted by Gasteiger charge is 2.16. The molecule has 0 amide bonds. The number of hydrogen-bond acceptors (Lipinski definition) is 6. The van der Waals surface area contributed by atoms with E-state index in [1.165, 1.54) is 6.21 Å². The van der Waals surface area contributed by atoms with Gasteiger partial charge < -0.3 is 20.6 Å². The van der Waals surface area contributed by atoms with Crippen LogP contribution in [0, 0.1) is 5.41 Å². The van der Waals surface area contributed by atoms with Gasteiger partial charge in [-0.15, -0.1) is 0 Å². The Kier molecular flexibility index (Phi) is 5.17. The molecule has 0 spiro atoms. The quantitative estimate of drug-likeness (QED) is 0.411. The molecule has 3 rings (SSSR count). The van der Waals surface area contributed by atoms with Gasteiger partial charge in [-0.2, -0.15) is 0 Å². The van der Waals surface area contributed by atoms with Crippen LogP contribution in [0.2, 0.25) is 0 Å². The Morgan fingerprint density at radius 2 is 2.27 bits per heavy atom. The topological polar surface area (TPSA) is 107 Å². The number of aromatic nitrogens is 5. The SMILES string of the molecule is CCCn1c(=O)c2[nH]c(/C(C=N)=C/NCCN(C)C)nc2n2ccnc12. The van der Waals surface area contributed by atoms with Crippen molar-refractivity contribution in [2.45, 2.75) is 19.9 Å². The number of allylic oxidation sites excluding steroid dienone is 1. The molecule has 3 aromatic heterocycles. The summed E-state index contributed by atoms with van der Waals surface area (Å²) in [5.74, 6) is 1.06. The zero-order chi connectivity index (χ0) is 18.7. The van der Waals surface area contributed by atoms with Crippen molar-refractivity contribution in [1.29, 1.82) is 5.41 Å². The van der Waals surface area contributed by atoms with E-state index in [4.69, 9.17) is 5.41 Å². The molecule has 0 aliphatic heterocycles. The second-order valence-corrected chi connectivity index (χ2v) is 6.34. The number of aryl methyl sites for hydroxylation is 1. The van der Waals surface area contributed by atoms with Crippen molar-refractivity contribution in [2.75, 3.05) is 27.2 Å². The molecular formula is C17H24N8O. The smallest absolute Gasteiger partial charge is 0.280 e. The molecule has 9 nitrogen and oxygen atoms in total. The summed E-state index contributed by atoms with van der Waals surface area (Å²) in [6.45, 7) is 4.23. The summed E-state index contributed by atoms with van der Waals surface area (Å²) in [5.41, 5.74) is 1.37. The van der Waals surface area contributed by atoms with Gasteiger partial charge in [0, 0.05) is 44.4 Å². The maximum atomic E-state index is 12.8. The van der Waals surface area contributed by atoms with Gasteiger partial charge in [-0.1, -0.05) is 6.92 Å². The Labute approximate surface area is 150 Å². The van der Waals surface area contributed by atoms with E-state index in [1.807, 2.05) is 21.0 Å². The van der Waals surface area contributed by atoms with Crippen LogP contribution in [0.15, 0.2) is 23.4 Å². The summed E-state index contributed by atoms with van der Waals surface area (Å²) in [4.78, 5) is 26.8. The summed E-state index contributed by atoms with van der Waals surface area (Å²) >= 11 is 0. The summed E-state index contributed by atoms with van der Waals surface area (Å²) in [6.07, 6.45) is 7.23. The van der Waals surface area contributed by atoms with Gasteiger partial charge in [0.15, 0.2) is 11.2 Å². The second kappa shape index (κ2) is 7.52. The molecule has 0 saturated carbocycles. The van der Waals surface area contributed by atoms with Crippen molar-refractivity contribution >= 4 is 28.7 Å². The van der Waals surface area contributed by atoms with Crippen molar-refractivity contribution in [3.8, 4) is 0 Å². The number of hydrogen-bond donors (Lipinski definition) is 3. The highest BCUT2D eigenvalue weighted by atomic mass is 16.1. The average molecular weight is 356 g/mol. The molecule has 0 aliphatic carbocycles. The highest BCUT2D eigenvalue weighted by molar-refractivity contribution is 6.07. The molecule has 3 aromatic rings. The Morgan fingerprint density at radius 3 is 2.96 bits per heavy atom. The first-order chi connectivity index (χ1) is 12.6. The summed E-state index contributed by atoms with van der Waals surface area (Å²) in [7, 11) is 4.00. The number of nitrogens with one attached hydrogen (secondary N) is 3. The molecule has 0 aliphatic rings. The number of aromatic amines is 1. The molecule has 0 unspecified atom stereocenters. The fourth-order valence-electron chi connectivity index (χ4n) is 2.78. The lowest BCUT2D eigenvalue weighted by atomic mass is 10.3. The van der Waals surface area contributed by atoms with Crippen LogP contribution in [0.1, 0.15) is 19.2 Å². The van der Waals surface area contributed by atoms with Gasteiger partial charge in [0.05, 0.1) is 5.57 Å². The van der Waals surface area contributed by atoms with Crippen LogP contribution in [0.4, 0.5) is 0 Å². The van der Waals surface area contributed by atoms with E-state index in [2.05, 4.69) is 25.2 Å².